The molecule has 3 nitrogen and oxygen atoms in total. The quantitative estimate of drug-likeness (QED) is 0.595. The van der Waals surface area contributed by atoms with Crippen molar-refractivity contribution in [3.05, 3.63) is 0 Å². The van der Waals surface area contributed by atoms with Crippen LogP contribution in [-0.2, 0) is 4.74 Å². The predicted octanol–water partition coefficient (Wildman–Crippen LogP) is 0.476. The molecule has 0 aliphatic carbocycles. The van der Waals surface area contributed by atoms with E-state index in [1.54, 1.807) is 0 Å². The van der Waals surface area contributed by atoms with Crippen molar-refractivity contribution in [1.82, 2.24) is 4.90 Å². The molecule has 2 aliphatic rings. The monoisotopic (exact) mass is 185 g/mol. The summed E-state index contributed by atoms with van der Waals surface area (Å²) < 4.78 is 5.82. The maximum absolute atomic E-state index is 9.89. The Morgan fingerprint density at radius 3 is 3.00 bits per heavy atom. The molecular weight excluding hydrogens is 166 g/mol. The molecule has 0 saturated carbocycles. The number of rotatable bonds is 0. The van der Waals surface area contributed by atoms with Gasteiger partial charge in [-0.15, -0.1) is 0 Å². The largest absolute Gasteiger partial charge is 0.393 e. The average Bonchev–Trinajstić information content (AvgIpc) is 2.06. The van der Waals surface area contributed by atoms with E-state index in [0.29, 0.717) is 12.0 Å². The van der Waals surface area contributed by atoms with Gasteiger partial charge in [-0.1, -0.05) is 0 Å². The summed E-state index contributed by atoms with van der Waals surface area (Å²) in [7, 11) is 2.11. The summed E-state index contributed by atoms with van der Waals surface area (Å²) in [6, 6.07) is 0. The fraction of sp³-hybridized carbons (Fsp3) is 1.00. The first kappa shape index (κ1) is 9.44. The molecule has 2 saturated heterocycles. The summed E-state index contributed by atoms with van der Waals surface area (Å²) >= 11 is 0. The number of fused-ring (bicyclic) bond motifs is 1. The lowest BCUT2D eigenvalue weighted by Crippen LogP contribution is -2.52. The number of likely N-dealkylation sites (tertiary alicyclic amines) is 1. The second-order valence-corrected chi connectivity index (χ2v) is 4.50. The van der Waals surface area contributed by atoms with Crippen molar-refractivity contribution in [3.63, 3.8) is 0 Å². The summed E-state index contributed by atoms with van der Waals surface area (Å²) in [4.78, 5) is 2.28. The van der Waals surface area contributed by atoms with Crippen LogP contribution in [0.4, 0.5) is 0 Å². The molecule has 0 aromatic heterocycles. The van der Waals surface area contributed by atoms with Crippen LogP contribution in [0.25, 0.3) is 0 Å². The molecule has 2 aliphatic heterocycles. The Balaban J connectivity index is 2.02. The highest BCUT2D eigenvalue weighted by atomic mass is 16.5. The van der Waals surface area contributed by atoms with Gasteiger partial charge in [0.05, 0.1) is 18.3 Å². The maximum atomic E-state index is 9.89. The number of aliphatic hydroxyl groups is 1. The van der Waals surface area contributed by atoms with E-state index in [9.17, 15) is 5.11 Å². The second-order valence-electron chi connectivity index (χ2n) is 4.50. The summed E-state index contributed by atoms with van der Waals surface area (Å²) in [5.74, 6) is 0.343. The fourth-order valence-corrected chi connectivity index (χ4v) is 2.54. The highest BCUT2D eigenvalue weighted by Gasteiger charge is 2.38. The van der Waals surface area contributed by atoms with Crippen molar-refractivity contribution in [2.45, 2.75) is 38.1 Å². The van der Waals surface area contributed by atoms with E-state index >= 15 is 0 Å². The van der Waals surface area contributed by atoms with Gasteiger partial charge >= 0.3 is 0 Å². The van der Waals surface area contributed by atoms with Crippen molar-refractivity contribution in [1.29, 1.82) is 0 Å². The van der Waals surface area contributed by atoms with Crippen LogP contribution in [0.15, 0.2) is 0 Å². The van der Waals surface area contributed by atoms with E-state index < -0.39 is 0 Å². The summed E-state index contributed by atoms with van der Waals surface area (Å²) in [6.45, 7) is 4.14. The minimum Gasteiger partial charge on any atom is -0.393 e. The van der Waals surface area contributed by atoms with E-state index in [0.717, 1.165) is 25.9 Å². The first-order valence-electron chi connectivity index (χ1n) is 5.19. The van der Waals surface area contributed by atoms with Gasteiger partial charge in [0.1, 0.15) is 0 Å². The van der Waals surface area contributed by atoms with E-state index in [4.69, 9.17) is 4.74 Å². The van der Waals surface area contributed by atoms with Gasteiger partial charge in [-0.3, -0.25) is 0 Å². The van der Waals surface area contributed by atoms with Gasteiger partial charge in [-0.05, 0) is 26.8 Å². The number of nitrogens with zero attached hydrogens (tertiary/aromatic N) is 1. The molecule has 0 bridgehead atoms. The summed E-state index contributed by atoms with van der Waals surface area (Å²) in [6.07, 6.45) is 2.25. The van der Waals surface area contributed by atoms with Crippen molar-refractivity contribution >= 4 is 0 Å². The van der Waals surface area contributed by atoms with Gasteiger partial charge < -0.3 is 14.7 Å². The van der Waals surface area contributed by atoms with Crippen molar-refractivity contribution in [3.8, 4) is 0 Å². The molecule has 2 rings (SSSR count). The lowest BCUT2D eigenvalue weighted by atomic mass is 9.84. The van der Waals surface area contributed by atoms with Crippen LogP contribution in [0.2, 0.25) is 0 Å². The number of piperidine rings is 1. The van der Waals surface area contributed by atoms with Crippen LogP contribution in [0, 0.1) is 5.92 Å². The van der Waals surface area contributed by atoms with E-state index in [-0.39, 0.29) is 12.2 Å². The van der Waals surface area contributed by atoms with E-state index in [2.05, 4.69) is 18.9 Å². The minimum absolute atomic E-state index is 0.156. The minimum atomic E-state index is -0.156. The van der Waals surface area contributed by atoms with Gasteiger partial charge in [-0.2, -0.15) is 0 Å². The molecule has 0 aromatic rings. The number of hydrogen-bond acceptors (Lipinski definition) is 3. The zero-order valence-corrected chi connectivity index (χ0v) is 8.44. The highest BCUT2D eigenvalue weighted by molar-refractivity contribution is 4.89. The van der Waals surface area contributed by atoms with Crippen LogP contribution in [0.3, 0.4) is 0 Å². The highest BCUT2D eigenvalue weighted by Crippen LogP contribution is 2.30. The molecule has 0 aromatic carbocycles. The second kappa shape index (κ2) is 3.56. The van der Waals surface area contributed by atoms with Gasteiger partial charge in [0.2, 0.25) is 0 Å². The topological polar surface area (TPSA) is 32.7 Å². The molecule has 2 heterocycles. The van der Waals surface area contributed by atoms with Crippen LogP contribution in [-0.4, -0.2) is 48.5 Å². The van der Waals surface area contributed by atoms with E-state index in [1.165, 1.54) is 0 Å². The van der Waals surface area contributed by atoms with Crippen LogP contribution in [0.1, 0.15) is 19.8 Å². The first-order valence-corrected chi connectivity index (χ1v) is 5.19. The van der Waals surface area contributed by atoms with Crippen LogP contribution < -0.4 is 0 Å². The average molecular weight is 185 g/mol. The molecule has 13 heavy (non-hydrogen) atoms. The third-order valence-corrected chi connectivity index (χ3v) is 3.27. The Labute approximate surface area is 79.7 Å². The molecule has 2 fully saturated rings. The molecular formula is C10H19NO2. The van der Waals surface area contributed by atoms with E-state index in [1.807, 2.05) is 0 Å². The zero-order chi connectivity index (χ0) is 9.42. The molecule has 0 radical (unpaired) electrons. The number of aliphatic hydroxyl groups excluding tert-OH is 1. The SMILES string of the molecule is CC1CC(O)C2CN(C)CCC2O1. The molecule has 76 valence electrons. The van der Waals surface area contributed by atoms with Crippen molar-refractivity contribution in [2.24, 2.45) is 5.92 Å². The fourth-order valence-electron chi connectivity index (χ4n) is 2.54. The lowest BCUT2D eigenvalue weighted by Gasteiger charge is -2.44. The summed E-state index contributed by atoms with van der Waals surface area (Å²) in [5.41, 5.74) is 0. The smallest absolute Gasteiger partial charge is 0.0656 e. The van der Waals surface area contributed by atoms with Crippen LogP contribution >= 0.6 is 0 Å². The Morgan fingerprint density at radius 2 is 2.23 bits per heavy atom. The van der Waals surface area contributed by atoms with Crippen molar-refractivity contribution in [2.75, 3.05) is 20.1 Å². The van der Waals surface area contributed by atoms with Gasteiger partial charge in [0.25, 0.3) is 0 Å². The Hall–Kier alpha value is -0.120. The number of hydrogen-bond donors (Lipinski definition) is 1. The van der Waals surface area contributed by atoms with Crippen molar-refractivity contribution < 1.29 is 9.84 Å². The molecule has 3 heteroatoms. The predicted molar refractivity (Wildman–Crippen MR) is 50.6 cm³/mol. The van der Waals surface area contributed by atoms with Gasteiger partial charge in [-0.25, -0.2) is 0 Å². The van der Waals surface area contributed by atoms with Crippen LogP contribution in [0.5, 0.6) is 0 Å². The van der Waals surface area contributed by atoms with Gasteiger partial charge in [0.15, 0.2) is 0 Å². The molecule has 4 atom stereocenters. The normalized spacial score (nSPS) is 47.3. The Kier molecular flexibility index (Phi) is 2.58. The maximum Gasteiger partial charge on any atom is 0.0656 e. The zero-order valence-electron chi connectivity index (χ0n) is 8.44. The standard InChI is InChI=1S/C10H19NO2/c1-7-5-9(12)8-6-11(2)4-3-10(8)13-7/h7-10,12H,3-6H2,1-2H3. The first-order chi connectivity index (χ1) is 6.16. The number of ether oxygens (including phenoxy) is 1. The molecule has 4 unspecified atom stereocenters. The molecule has 1 N–H and O–H groups in total. The lowest BCUT2D eigenvalue weighted by molar-refractivity contribution is -0.151. The van der Waals surface area contributed by atoms with Gasteiger partial charge in [0, 0.05) is 19.0 Å². The Bertz CT molecular complexity index is 186. The third-order valence-electron chi connectivity index (χ3n) is 3.27. The Morgan fingerprint density at radius 1 is 1.46 bits per heavy atom. The third kappa shape index (κ3) is 1.87. The summed E-state index contributed by atoms with van der Waals surface area (Å²) in [5, 5.41) is 9.89. The molecule has 0 spiro atoms. The molecule has 0 amide bonds.